The van der Waals surface area contributed by atoms with E-state index in [1.807, 2.05) is 47.5 Å². The first-order valence-electron chi connectivity index (χ1n) is 9.82. The molecule has 0 aliphatic carbocycles. The maximum atomic E-state index is 12.7. The Morgan fingerprint density at radius 2 is 1.61 bits per heavy atom. The molecule has 1 aliphatic heterocycles. The number of nitrogens with zero attached hydrogens (tertiary/aromatic N) is 2. The Hall–Kier alpha value is -4.13. The second-order valence-electron chi connectivity index (χ2n) is 7.12. The number of hydrogen-bond donors (Lipinski definition) is 2. The number of nitrogens with one attached hydrogen (secondary N) is 1. The van der Waals surface area contributed by atoms with Crippen molar-refractivity contribution in [2.45, 2.75) is 12.5 Å². The summed E-state index contributed by atoms with van der Waals surface area (Å²) in [5, 5.41) is 9.47. The molecule has 1 heterocycles. The van der Waals surface area contributed by atoms with E-state index in [1.165, 1.54) is 0 Å². The summed E-state index contributed by atoms with van der Waals surface area (Å²) in [5.74, 6) is 0.541. The number of amides is 2. The number of primary amides is 1. The average molecular weight is 414 g/mol. The summed E-state index contributed by atoms with van der Waals surface area (Å²) < 4.78 is 5.14. The topological polar surface area (TPSA) is 97.0 Å². The van der Waals surface area contributed by atoms with Crippen molar-refractivity contribution < 1.29 is 14.3 Å². The van der Waals surface area contributed by atoms with Crippen molar-refractivity contribution in [3.63, 3.8) is 0 Å². The van der Waals surface area contributed by atoms with Crippen LogP contribution in [0.25, 0.3) is 0 Å². The number of methoxy groups -OCH3 is 1. The molecule has 1 aliphatic rings. The molecule has 0 fully saturated rings. The minimum atomic E-state index is -0.471. The van der Waals surface area contributed by atoms with Crippen molar-refractivity contribution in [2.75, 3.05) is 12.1 Å². The molecule has 7 nitrogen and oxygen atoms in total. The molecule has 0 saturated carbocycles. The van der Waals surface area contributed by atoms with E-state index in [-0.39, 0.29) is 11.9 Å². The van der Waals surface area contributed by atoms with Gasteiger partial charge < -0.3 is 15.8 Å². The van der Waals surface area contributed by atoms with Gasteiger partial charge in [-0.1, -0.05) is 30.3 Å². The maximum absolute atomic E-state index is 12.7. The van der Waals surface area contributed by atoms with Gasteiger partial charge >= 0.3 is 0 Å². The number of ether oxygens (including phenoxy) is 1. The molecule has 3 aromatic rings. The number of hydrogen-bond acceptors (Lipinski definition) is 5. The van der Waals surface area contributed by atoms with Gasteiger partial charge in [0.1, 0.15) is 11.6 Å². The van der Waals surface area contributed by atoms with Crippen LogP contribution in [0.5, 0.6) is 5.75 Å². The molecule has 156 valence electrons. The number of nitrogens with two attached hydrogens (primary N) is 1. The molecule has 3 aromatic carbocycles. The molecular weight excluding hydrogens is 392 g/mol. The second kappa shape index (κ2) is 8.71. The molecule has 4 rings (SSSR count). The highest BCUT2D eigenvalue weighted by atomic mass is 16.5. The fourth-order valence-electron chi connectivity index (χ4n) is 3.48. The first-order valence-corrected chi connectivity index (χ1v) is 9.82. The number of para-hydroxylation sites is 1. The van der Waals surface area contributed by atoms with Gasteiger partial charge in [-0.3, -0.25) is 14.6 Å². The largest absolute Gasteiger partial charge is 0.497 e. The zero-order valence-electron chi connectivity index (χ0n) is 17.0. The van der Waals surface area contributed by atoms with Crippen LogP contribution in [0.2, 0.25) is 0 Å². The summed E-state index contributed by atoms with van der Waals surface area (Å²) in [5.41, 5.74) is 8.19. The van der Waals surface area contributed by atoms with Crippen LogP contribution in [-0.4, -0.2) is 24.8 Å². The van der Waals surface area contributed by atoms with Crippen LogP contribution in [0.1, 0.15) is 38.7 Å². The van der Waals surface area contributed by atoms with Gasteiger partial charge in [-0.05, 0) is 54.1 Å². The van der Waals surface area contributed by atoms with Crippen molar-refractivity contribution in [1.82, 2.24) is 5.32 Å². The highest BCUT2D eigenvalue weighted by Crippen LogP contribution is 2.34. The Labute approximate surface area is 180 Å². The van der Waals surface area contributed by atoms with Crippen LogP contribution in [0, 0.1) is 0 Å². The molecular formula is C24H22N4O3. The highest BCUT2D eigenvalue weighted by molar-refractivity contribution is 6.07. The number of rotatable bonds is 5. The van der Waals surface area contributed by atoms with Gasteiger partial charge in [0.2, 0.25) is 5.91 Å². The van der Waals surface area contributed by atoms with Gasteiger partial charge in [0, 0.05) is 17.5 Å². The van der Waals surface area contributed by atoms with E-state index in [0.717, 1.165) is 11.3 Å². The van der Waals surface area contributed by atoms with Gasteiger partial charge in [0.05, 0.1) is 18.8 Å². The zero-order valence-corrected chi connectivity index (χ0v) is 17.0. The van der Waals surface area contributed by atoms with Gasteiger partial charge in [-0.25, -0.2) is 0 Å². The number of anilines is 1. The molecule has 7 heteroatoms. The van der Waals surface area contributed by atoms with Gasteiger partial charge in [0.15, 0.2) is 0 Å². The summed E-state index contributed by atoms with van der Waals surface area (Å²) in [6.45, 7) is 0. The van der Waals surface area contributed by atoms with Crippen molar-refractivity contribution in [3.8, 4) is 5.75 Å². The number of hydrazone groups is 1. The van der Waals surface area contributed by atoms with E-state index in [0.29, 0.717) is 29.1 Å². The number of benzene rings is 3. The lowest BCUT2D eigenvalue weighted by Crippen LogP contribution is -2.29. The van der Waals surface area contributed by atoms with Gasteiger partial charge in [-0.15, -0.1) is 0 Å². The van der Waals surface area contributed by atoms with E-state index in [2.05, 4.69) is 10.4 Å². The van der Waals surface area contributed by atoms with E-state index >= 15 is 0 Å². The molecule has 2 amide bonds. The van der Waals surface area contributed by atoms with Crippen LogP contribution in [0.3, 0.4) is 0 Å². The monoisotopic (exact) mass is 414 g/mol. The van der Waals surface area contributed by atoms with Crippen LogP contribution < -0.4 is 20.8 Å². The van der Waals surface area contributed by atoms with Gasteiger partial charge in [-0.2, -0.15) is 5.10 Å². The summed E-state index contributed by atoms with van der Waals surface area (Å²) >= 11 is 0. The highest BCUT2D eigenvalue weighted by Gasteiger charge is 2.30. The predicted octanol–water partition coefficient (Wildman–Crippen LogP) is 3.49. The van der Waals surface area contributed by atoms with Crippen LogP contribution in [-0.2, 0) is 0 Å². The Morgan fingerprint density at radius 3 is 2.23 bits per heavy atom. The Bertz CT molecular complexity index is 1110. The van der Waals surface area contributed by atoms with E-state index in [4.69, 9.17) is 10.5 Å². The summed E-state index contributed by atoms with van der Waals surface area (Å²) in [4.78, 5) is 24.1. The quantitative estimate of drug-likeness (QED) is 0.668. The Kier molecular flexibility index (Phi) is 5.66. The third-order valence-corrected chi connectivity index (χ3v) is 5.12. The molecule has 1 unspecified atom stereocenters. The molecule has 31 heavy (non-hydrogen) atoms. The molecule has 0 bridgehead atoms. The fraction of sp³-hybridized carbons (Fsp3) is 0.125. The average Bonchev–Trinajstić information content (AvgIpc) is 3.23. The van der Waals surface area contributed by atoms with E-state index in [1.54, 1.807) is 43.5 Å². The first kappa shape index (κ1) is 20.2. The predicted molar refractivity (Wildman–Crippen MR) is 119 cm³/mol. The third-order valence-electron chi connectivity index (χ3n) is 5.12. The standard InChI is InChI=1S/C24H22N4O3/c1-31-20-13-11-18(12-14-20)24(30)26-22-15-21(16-7-9-17(10-8-16)23(25)29)28(27-22)19-5-3-2-4-6-19/h2-14,21H,15H2,1H3,(H2,25,29)(H,26,27,30). The summed E-state index contributed by atoms with van der Waals surface area (Å²) in [7, 11) is 1.58. The number of carbonyl (C=O) groups is 2. The molecule has 0 radical (unpaired) electrons. The summed E-state index contributed by atoms with van der Waals surface area (Å²) in [6, 6.07) is 23.6. The third kappa shape index (κ3) is 4.40. The lowest BCUT2D eigenvalue weighted by molar-refractivity contribution is 0.0973. The SMILES string of the molecule is COc1ccc(C(=O)NC2=NN(c3ccccc3)C(c3ccc(C(N)=O)cc3)C2)cc1. The lowest BCUT2D eigenvalue weighted by Gasteiger charge is -2.23. The van der Waals surface area contributed by atoms with Crippen molar-refractivity contribution in [3.05, 3.63) is 95.6 Å². The molecule has 0 saturated heterocycles. The zero-order chi connectivity index (χ0) is 21.8. The van der Waals surface area contributed by atoms with Crippen LogP contribution in [0.4, 0.5) is 5.69 Å². The molecule has 3 N–H and O–H groups in total. The molecule has 0 spiro atoms. The first-order chi connectivity index (χ1) is 15.0. The minimum absolute atomic E-state index is 0.129. The second-order valence-corrected chi connectivity index (χ2v) is 7.12. The lowest BCUT2D eigenvalue weighted by atomic mass is 10.0. The van der Waals surface area contributed by atoms with E-state index < -0.39 is 5.91 Å². The van der Waals surface area contributed by atoms with Crippen molar-refractivity contribution >= 4 is 23.3 Å². The maximum Gasteiger partial charge on any atom is 0.256 e. The number of amidine groups is 1. The normalized spacial score (nSPS) is 15.3. The molecule has 0 aromatic heterocycles. The number of carbonyl (C=O) groups excluding carboxylic acids is 2. The van der Waals surface area contributed by atoms with Gasteiger partial charge in [0.25, 0.3) is 5.91 Å². The smallest absolute Gasteiger partial charge is 0.256 e. The van der Waals surface area contributed by atoms with Crippen molar-refractivity contribution in [1.29, 1.82) is 0 Å². The fourth-order valence-corrected chi connectivity index (χ4v) is 3.48. The van der Waals surface area contributed by atoms with Crippen molar-refractivity contribution in [2.24, 2.45) is 10.8 Å². The van der Waals surface area contributed by atoms with E-state index in [9.17, 15) is 9.59 Å². The Morgan fingerprint density at radius 1 is 0.968 bits per heavy atom. The molecule has 1 atom stereocenters. The Balaban J connectivity index is 1.58. The summed E-state index contributed by atoms with van der Waals surface area (Å²) in [6.07, 6.45) is 0.507. The minimum Gasteiger partial charge on any atom is -0.497 e. The van der Waals surface area contributed by atoms with Crippen LogP contribution in [0.15, 0.2) is 84.0 Å². The van der Waals surface area contributed by atoms with Crippen LogP contribution >= 0.6 is 0 Å².